The Morgan fingerprint density at radius 2 is 1.88 bits per heavy atom. The van der Waals surface area contributed by atoms with Crippen molar-refractivity contribution in [3.8, 4) is 0 Å². The second kappa shape index (κ2) is 5.03. The van der Waals surface area contributed by atoms with Gasteiger partial charge in [-0.3, -0.25) is 4.90 Å². The predicted molar refractivity (Wildman–Crippen MR) is 64.6 cm³/mol. The highest BCUT2D eigenvalue weighted by Gasteiger charge is 2.44. The van der Waals surface area contributed by atoms with E-state index in [9.17, 15) is 0 Å². The zero-order valence-electron chi connectivity index (χ0n) is 10.9. The van der Waals surface area contributed by atoms with E-state index in [1.54, 1.807) is 0 Å². The third-order valence-corrected chi connectivity index (χ3v) is 3.62. The molecule has 0 aromatic carbocycles. The Morgan fingerprint density at radius 3 is 2.38 bits per heavy atom. The molecule has 1 saturated carbocycles. The first-order valence-electron chi connectivity index (χ1n) is 6.59. The summed E-state index contributed by atoms with van der Waals surface area (Å²) in [6.45, 7) is 11.6. The summed E-state index contributed by atoms with van der Waals surface area (Å²) in [6.07, 6.45) is 3.44. The molecule has 0 amide bonds. The first-order chi connectivity index (χ1) is 7.63. The van der Waals surface area contributed by atoms with E-state index in [0.717, 1.165) is 26.3 Å². The van der Waals surface area contributed by atoms with Crippen molar-refractivity contribution in [2.24, 2.45) is 5.41 Å². The second-order valence-electron chi connectivity index (χ2n) is 5.59. The van der Waals surface area contributed by atoms with E-state index >= 15 is 0 Å². The predicted octanol–water partition coefficient (Wildman–Crippen LogP) is 1.91. The minimum atomic E-state index is 0.381. The van der Waals surface area contributed by atoms with Gasteiger partial charge >= 0.3 is 0 Å². The molecule has 0 aromatic rings. The molecule has 0 aromatic heterocycles. The monoisotopic (exact) mass is 227 g/mol. The van der Waals surface area contributed by atoms with Gasteiger partial charge in [-0.25, -0.2) is 0 Å². The van der Waals surface area contributed by atoms with Gasteiger partial charge in [0, 0.05) is 31.7 Å². The molecule has 0 spiro atoms. The van der Waals surface area contributed by atoms with Crippen molar-refractivity contribution in [1.82, 2.24) is 4.90 Å². The van der Waals surface area contributed by atoms with Crippen LogP contribution in [-0.2, 0) is 9.47 Å². The zero-order valence-corrected chi connectivity index (χ0v) is 10.9. The molecule has 0 bridgehead atoms. The van der Waals surface area contributed by atoms with Crippen molar-refractivity contribution in [3.05, 3.63) is 0 Å². The van der Waals surface area contributed by atoms with Gasteiger partial charge in [0.1, 0.15) is 0 Å². The third-order valence-electron chi connectivity index (χ3n) is 3.62. The van der Waals surface area contributed by atoms with Gasteiger partial charge in [0.25, 0.3) is 0 Å². The number of nitrogens with zero attached hydrogens (tertiary/aromatic N) is 1. The van der Waals surface area contributed by atoms with Crippen LogP contribution in [0, 0.1) is 5.41 Å². The van der Waals surface area contributed by atoms with E-state index in [1.165, 1.54) is 19.4 Å². The van der Waals surface area contributed by atoms with Gasteiger partial charge in [0.2, 0.25) is 0 Å². The summed E-state index contributed by atoms with van der Waals surface area (Å²) in [4.78, 5) is 2.56. The summed E-state index contributed by atoms with van der Waals surface area (Å²) in [7, 11) is 0. The molecule has 2 fully saturated rings. The number of hydrogen-bond donors (Lipinski definition) is 0. The number of hydrogen-bond acceptors (Lipinski definition) is 3. The smallest absolute Gasteiger partial charge is 0.0678 e. The van der Waals surface area contributed by atoms with Gasteiger partial charge in [-0.15, -0.1) is 0 Å². The number of morpholine rings is 1. The van der Waals surface area contributed by atoms with E-state index in [-0.39, 0.29) is 0 Å². The maximum Gasteiger partial charge on any atom is 0.0678 e. The quantitative estimate of drug-likeness (QED) is 0.716. The van der Waals surface area contributed by atoms with Gasteiger partial charge in [0.15, 0.2) is 0 Å². The summed E-state index contributed by atoms with van der Waals surface area (Å²) < 4.78 is 11.4. The van der Waals surface area contributed by atoms with Crippen LogP contribution in [0.3, 0.4) is 0 Å². The molecule has 1 aliphatic heterocycles. The Morgan fingerprint density at radius 1 is 1.25 bits per heavy atom. The van der Waals surface area contributed by atoms with Crippen molar-refractivity contribution in [3.63, 3.8) is 0 Å². The van der Waals surface area contributed by atoms with Crippen LogP contribution in [0.2, 0.25) is 0 Å². The van der Waals surface area contributed by atoms with Gasteiger partial charge < -0.3 is 9.47 Å². The van der Waals surface area contributed by atoms with Crippen LogP contribution < -0.4 is 0 Å². The molecular formula is C13H25NO2. The molecule has 16 heavy (non-hydrogen) atoms. The summed E-state index contributed by atoms with van der Waals surface area (Å²) in [5, 5.41) is 0. The largest absolute Gasteiger partial charge is 0.381 e. The lowest BCUT2D eigenvalue weighted by atomic mass is 10.1. The van der Waals surface area contributed by atoms with Crippen molar-refractivity contribution in [2.75, 3.05) is 32.8 Å². The highest BCUT2D eigenvalue weighted by molar-refractivity contribution is 4.96. The maximum atomic E-state index is 5.76. The molecule has 1 saturated heterocycles. The van der Waals surface area contributed by atoms with Crippen molar-refractivity contribution in [2.45, 2.75) is 45.8 Å². The second-order valence-corrected chi connectivity index (χ2v) is 5.59. The standard InChI is InChI=1S/C13H25NO2/c1-4-15-10-13(5-6-13)9-14-7-11(2)16-12(3)8-14/h11-12H,4-10H2,1-3H3/t11-,12+. The number of ether oxygens (including phenoxy) is 2. The molecule has 0 N–H and O–H groups in total. The SMILES string of the molecule is CCOCC1(CN2C[C@@H](C)O[C@@H](C)C2)CC1. The molecule has 3 heteroatoms. The van der Waals surface area contributed by atoms with Gasteiger partial charge in [-0.05, 0) is 33.6 Å². The Kier molecular flexibility index (Phi) is 3.88. The molecule has 0 radical (unpaired) electrons. The zero-order chi connectivity index (χ0) is 11.6. The lowest BCUT2D eigenvalue weighted by molar-refractivity contribution is -0.0758. The number of rotatable bonds is 5. The fraction of sp³-hybridized carbons (Fsp3) is 1.00. The highest BCUT2D eigenvalue weighted by Crippen LogP contribution is 2.46. The summed E-state index contributed by atoms with van der Waals surface area (Å²) in [5.74, 6) is 0. The first-order valence-corrected chi connectivity index (χ1v) is 6.59. The van der Waals surface area contributed by atoms with Crippen LogP contribution in [-0.4, -0.2) is 50.0 Å². The van der Waals surface area contributed by atoms with E-state index in [2.05, 4.69) is 25.7 Å². The molecular weight excluding hydrogens is 202 g/mol. The molecule has 1 heterocycles. The molecule has 2 atom stereocenters. The molecule has 3 nitrogen and oxygen atoms in total. The molecule has 2 rings (SSSR count). The Bertz CT molecular complexity index is 218. The summed E-state index contributed by atoms with van der Waals surface area (Å²) >= 11 is 0. The Balaban J connectivity index is 1.80. The van der Waals surface area contributed by atoms with Crippen LogP contribution in [0.15, 0.2) is 0 Å². The molecule has 1 aliphatic carbocycles. The van der Waals surface area contributed by atoms with Gasteiger partial charge in [-0.2, -0.15) is 0 Å². The van der Waals surface area contributed by atoms with Crippen LogP contribution in [0.1, 0.15) is 33.6 Å². The van der Waals surface area contributed by atoms with Crippen LogP contribution >= 0.6 is 0 Å². The van der Waals surface area contributed by atoms with Gasteiger partial charge in [0.05, 0.1) is 18.8 Å². The lowest BCUT2D eigenvalue weighted by Gasteiger charge is -2.37. The highest BCUT2D eigenvalue weighted by atomic mass is 16.5. The van der Waals surface area contributed by atoms with Crippen molar-refractivity contribution < 1.29 is 9.47 Å². The maximum absolute atomic E-state index is 5.76. The summed E-state index contributed by atoms with van der Waals surface area (Å²) in [6, 6.07) is 0. The van der Waals surface area contributed by atoms with Crippen LogP contribution in [0.5, 0.6) is 0 Å². The fourth-order valence-corrected chi connectivity index (χ4v) is 2.73. The molecule has 0 unspecified atom stereocenters. The topological polar surface area (TPSA) is 21.7 Å². The normalized spacial score (nSPS) is 33.9. The minimum absolute atomic E-state index is 0.381. The third kappa shape index (κ3) is 3.19. The molecule has 2 aliphatic rings. The Labute approximate surface area is 99.1 Å². The van der Waals surface area contributed by atoms with Crippen molar-refractivity contribution in [1.29, 1.82) is 0 Å². The Hall–Kier alpha value is -0.120. The average Bonchev–Trinajstić information content (AvgIpc) is 2.94. The molecule has 94 valence electrons. The van der Waals surface area contributed by atoms with Gasteiger partial charge in [-0.1, -0.05) is 0 Å². The fourth-order valence-electron chi connectivity index (χ4n) is 2.73. The minimum Gasteiger partial charge on any atom is -0.381 e. The van der Waals surface area contributed by atoms with Crippen LogP contribution in [0.4, 0.5) is 0 Å². The van der Waals surface area contributed by atoms with E-state index < -0.39 is 0 Å². The van der Waals surface area contributed by atoms with Crippen LogP contribution in [0.25, 0.3) is 0 Å². The average molecular weight is 227 g/mol. The summed E-state index contributed by atoms with van der Waals surface area (Å²) in [5.41, 5.74) is 0.479. The van der Waals surface area contributed by atoms with Crippen molar-refractivity contribution >= 4 is 0 Å². The van der Waals surface area contributed by atoms with E-state index in [1.807, 2.05) is 0 Å². The first kappa shape index (κ1) is 12.3. The van der Waals surface area contributed by atoms with E-state index in [0.29, 0.717) is 17.6 Å². The van der Waals surface area contributed by atoms with E-state index in [4.69, 9.17) is 9.47 Å². The lowest BCUT2D eigenvalue weighted by Crippen LogP contribution is -2.48.